The lowest BCUT2D eigenvalue weighted by molar-refractivity contribution is 0.660. The van der Waals surface area contributed by atoms with Crippen molar-refractivity contribution < 1.29 is 0 Å². The number of benzene rings is 9. The maximum Gasteiger partial charge on any atom is 0.0443 e. The summed E-state index contributed by atoms with van der Waals surface area (Å²) >= 11 is 1.98. The molecular weight excluding hydrogens is 693 g/mol. The molecule has 1 aromatic heterocycles. The summed E-state index contributed by atoms with van der Waals surface area (Å²) in [6.07, 6.45) is 0.967. The molecule has 12 rings (SSSR count). The van der Waals surface area contributed by atoms with Gasteiger partial charge in [-0.3, -0.25) is 0 Å². The monoisotopic (exact) mass is 730 g/mol. The molecule has 1 unspecified atom stereocenters. The molecular formula is C55H38S. The molecule has 0 amide bonds. The molecule has 264 valence electrons. The SMILES string of the molecule is CC1(C)c2ccccc2-c2ccc(-c3ccc4sc5c6c(c7ccccc7c5c4c3)CC(c3ccc(-c4ccccc4)cc3)c3ccc4ccccc4c3-6)cc21. The fourth-order valence-corrected chi connectivity index (χ4v) is 11.6. The van der Waals surface area contributed by atoms with Crippen molar-refractivity contribution in [2.75, 3.05) is 0 Å². The van der Waals surface area contributed by atoms with Gasteiger partial charge in [0.15, 0.2) is 0 Å². The van der Waals surface area contributed by atoms with Gasteiger partial charge in [0.1, 0.15) is 0 Å². The van der Waals surface area contributed by atoms with E-state index in [0.717, 1.165) is 6.42 Å². The molecule has 0 fully saturated rings. The van der Waals surface area contributed by atoms with E-state index in [-0.39, 0.29) is 11.3 Å². The normalized spacial score (nSPS) is 15.2. The Kier molecular flexibility index (Phi) is 6.78. The summed E-state index contributed by atoms with van der Waals surface area (Å²) in [5.41, 5.74) is 17.7. The highest BCUT2D eigenvalue weighted by atomic mass is 32.1. The highest BCUT2D eigenvalue weighted by Crippen LogP contribution is 2.55. The molecule has 2 aliphatic carbocycles. The molecule has 0 saturated carbocycles. The standard InChI is InChI=1S/C55H38S/c1-55(2)48-19-11-10-17-41(48)42-27-25-38(31-49(42)55)37-26-29-50-47(30-37)52-43-18-9-8-16-40(43)46-32-45(36-22-20-34(21-23-36)33-12-4-3-5-13-33)44-28-24-35-14-6-7-15-39(35)51(44)53(46)54(52)56-50/h3-31,45H,32H2,1-2H3. The van der Waals surface area contributed by atoms with Crippen LogP contribution in [0, 0.1) is 0 Å². The smallest absolute Gasteiger partial charge is 0.0443 e. The van der Waals surface area contributed by atoms with Crippen LogP contribution in [-0.4, -0.2) is 0 Å². The number of thiophene rings is 1. The largest absolute Gasteiger partial charge is 0.134 e. The number of hydrogen-bond acceptors (Lipinski definition) is 1. The van der Waals surface area contributed by atoms with Crippen molar-refractivity contribution in [1.82, 2.24) is 0 Å². The zero-order chi connectivity index (χ0) is 37.1. The van der Waals surface area contributed by atoms with Crippen molar-refractivity contribution in [3.8, 4) is 44.5 Å². The molecule has 10 aromatic rings. The Labute approximate surface area is 331 Å². The molecule has 0 aliphatic heterocycles. The van der Waals surface area contributed by atoms with E-state index in [9.17, 15) is 0 Å². The Morgan fingerprint density at radius 1 is 0.482 bits per heavy atom. The van der Waals surface area contributed by atoms with Crippen molar-refractivity contribution in [2.24, 2.45) is 0 Å². The zero-order valence-electron chi connectivity index (χ0n) is 31.4. The van der Waals surface area contributed by atoms with Gasteiger partial charge in [-0.2, -0.15) is 0 Å². The first-order valence-corrected chi connectivity index (χ1v) is 20.7. The second kappa shape index (κ2) is 11.9. The first kappa shape index (κ1) is 32.0. The molecule has 9 aromatic carbocycles. The van der Waals surface area contributed by atoms with E-state index in [4.69, 9.17) is 0 Å². The van der Waals surface area contributed by atoms with Crippen LogP contribution in [0.25, 0.3) is 86.2 Å². The predicted octanol–water partition coefficient (Wildman–Crippen LogP) is 15.4. The van der Waals surface area contributed by atoms with Crippen molar-refractivity contribution >= 4 is 53.1 Å². The molecule has 0 bridgehead atoms. The molecule has 1 heteroatoms. The Morgan fingerprint density at radius 3 is 2.00 bits per heavy atom. The second-order valence-electron chi connectivity index (χ2n) is 16.3. The molecule has 0 radical (unpaired) electrons. The summed E-state index contributed by atoms with van der Waals surface area (Å²) in [6.45, 7) is 4.75. The lowest BCUT2D eigenvalue weighted by Gasteiger charge is -2.31. The average Bonchev–Trinajstić information content (AvgIpc) is 3.75. The van der Waals surface area contributed by atoms with Gasteiger partial charge in [-0.15, -0.1) is 11.3 Å². The number of hydrogen-bond donors (Lipinski definition) is 0. The van der Waals surface area contributed by atoms with Gasteiger partial charge in [0, 0.05) is 37.1 Å². The highest BCUT2D eigenvalue weighted by Gasteiger charge is 2.36. The molecule has 0 N–H and O–H groups in total. The fraction of sp³-hybridized carbons (Fsp3) is 0.0909. The Morgan fingerprint density at radius 2 is 1.14 bits per heavy atom. The molecule has 56 heavy (non-hydrogen) atoms. The van der Waals surface area contributed by atoms with Crippen LogP contribution in [-0.2, 0) is 11.8 Å². The minimum absolute atomic E-state index is 0.0334. The van der Waals surface area contributed by atoms with E-state index in [0.29, 0.717) is 0 Å². The van der Waals surface area contributed by atoms with Gasteiger partial charge in [0.25, 0.3) is 0 Å². The van der Waals surface area contributed by atoms with E-state index >= 15 is 0 Å². The van der Waals surface area contributed by atoms with Gasteiger partial charge in [-0.1, -0.05) is 172 Å². The summed E-state index contributed by atoms with van der Waals surface area (Å²) < 4.78 is 2.75. The van der Waals surface area contributed by atoms with Crippen molar-refractivity contribution in [1.29, 1.82) is 0 Å². The lowest BCUT2D eigenvalue weighted by atomic mass is 9.72. The predicted molar refractivity (Wildman–Crippen MR) is 240 cm³/mol. The van der Waals surface area contributed by atoms with Crippen LogP contribution in [0.2, 0.25) is 0 Å². The van der Waals surface area contributed by atoms with E-state index in [2.05, 4.69) is 190 Å². The van der Waals surface area contributed by atoms with Gasteiger partial charge in [0.2, 0.25) is 0 Å². The maximum absolute atomic E-state index is 2.48. The molecule has 0 saturated heterocycles. The highest BCUT2D eigenvalue weighted by molar-refractivity contribution is 7.26. The van der Waals surface area contributed by atoms with E-state index in [1.54, 1.807) is 0 Å². The lowest BCUT2D eigenvalue weighted by Crippen LogP contribution is -2.14. The summed E-state index contributed by atoms with van der Waals surface area (Å²) in [4.78, 5) is 0. The summed E-state index contributed by atoms with van der Waals surface area (Å²) in [5.74, 6) is 0.254. The van der Waals surface area contributed by atoms with Crippen LogP contribution in [0.4, 0.5) is 0 Å². The topological polar surface area (TPSA) is 0 Å². The van der Waals surface area contributed by atoms with Crippen LogP contribution in [0.1, 0.15) is 47.6 Å². The van der Waals surface area contributed by atoms with E-state index < -0.39 is 0 Å². The van der Waals surface area contributed by atoms with Gasteiger partial charge in [-0.05, 0) is 113 Å². The second-order valence-corrected chi connectivity index (χ2v) is 17.4. The van der Waals surface area contributed by atoms with Gasteiger partial charge in [0.05, 0.1) is 0 Å². The average molecular weight is 731 g/mol. The Balaban J connectivity index is 1.08. The molecule has 2 aliphatic rings. The number of fused-ring (bicyclic) bond motifs is 15. The third-order valence-corrected chi connectivity index (χ3v) is 14.3. The van der Waals surface area contributed by atoms with Crippen molar-refractivity contribution in [3.05, 3.63) is 204 Å². The Bertz CT molecular complexity index is 3230. The zero-order valence-corrected chi connectivity index (χ0v) is 32.3. The third kappa shape index (κ3) is 4.53. The van der Waals surface area contributed by atoms with E-state index in [1.165, 1.54) is 114 Å². The molecule has 0 spiro atoms. The molecule has 1 heterocycles. The molecule has 1 atom stereocenters. The number of rotatable bonds is 3. The van der Waals surface area contributed by atoms with Crippen molar-refractivity contribution in [3.63, 3.8) is 0 Å². The third-order valence-electron chi connectivity index (χ3n) is 13.1. The summed E-state index contributed by atoms with van der Waals surface area (Å²) in [5, 5.41) is 8.11. The van der Waals surface area contributed by atoms with Crippen LogP contribution >= 0.6 is 11.3 Å². The minimum atomic E-state index is -0.0334. The van der Waals surface area contributed by atoms with Crippen molar-refractivity contribution in [2.45, 2.75) is 31.6 Å². The maximum atomic E-state index is 2.48. The minimum Gasteiger partial charge on any atom is -0.134 e. The van der Waals surface area contributed by atoms with Crippen LogP contribution in [0.3, 0.4) is 0 Å². The first-order chi connectivity index (χ1) is 27.5. The first-order valence-electron chi connectivity index (χ1n) is 19.8. The summed E-state index contributed by atoms with van der Waals surface area (Å²) in [7, 11) is 0. The van der Waals surface area contributed by atoms with Crippen LogP contribution in [0.15, 0.2) is 176 Å². The quantitative estimate of drug-likeness (QED) is 0.170. The Hall–Kier alpha value is -6.28. The van der Waals surface area contributed by atoms with Gasteiger partial charge >= 0.3 is 0 Å². The van der Waals surface area contributed by atoms with E-state index in [1.807, 2.05) is 11.3 Å². The molecule has 0 nitrogen and oxygen atoms in total. The van der Waals surface area contributed by atoms with Gasteiger partial charge in [-0.25, -0.2) is 0 Å². The summed E-state index contributed by atoms with van der Waals surface area (Å²) in [6, 6.07) is 66.4. The van der Waals surface area contributed by atoms with Gasteiger partial charge < -0.3 is 0 Å². The fourth-order valence-electron chi connectivity index (χ4n) is 10.3. The van der Waals surface area contributed by atoms with Crippen LogP contribution < -0.4 is 0 Å². The van der Waals surface area contributed by atoms with Crippen LogP contribution in [0.5, 0.6) is 0 Å².